The fourth-order valence-corrected chi connectivity index (χ4v) is 0. The lowest BCUT2D eigenvalue weighted by Gasteiger charge is -2.17. The Bertz CT molecular complexity index is 55.2. The topological polar surface area (TPSA) is 40.5 Å². The van der Waals surface area contributed by atoms with Gasteiger partial charge in [-0.15, -0.1) is 0 Å². The maximum absolute atomic E-state index is 8.71. The quantitative estimate of drug-likeness (QED) is 0.494. The van der Waals surface area contributed by atoms with Gasteiger partial charge < -0.3 is 10.2 Å². The van der Waals surface area contributed by atoms with E-state index in [-0.39, 0.29) is 0 Å². The molecule has 0 aromatic carbocycles. The molecule has 0 saturated carbocycles. The second-order valence-electron chi connectivity index (χ2n) is 1.99. The summed E-state index contributed by atoms with van der Waals surface area (Å²) in [6, 6.07) is 0. The van der Waals surface area contributed by atoms with Gasteiger partial charge in [0.1, 0.15) is 0 Å². The zero-order valence-electron chi connectivity index (χ0n) is 4.35. The van der Waals surface area contributed by atoms with Gasteiger partial charge in [0.25, 0.3) is 0 Å². The van der Waals surface area contributed by atoms with Gasteiger partial charge in [-0.1, -0.05) is 11.6 Å². The molecular weight excluding hydrogens is 115 g/mol. The summed E-state index contributed by atoms with van der Waals surface area (Å²) in [4.78, 5) is 0. The Morgan fingerprint density at radius 2 is 1.71 bits per heavy atom. The Kier molecular flexibility index (Phi) is 2.05. The van der Waals surface area contributed by atoms with Crippen LogP contribution in [0.5, 0.6) is 0 Å². The fraction of sp³-hybridized carbons (Fsp3) is 1.00. The van der Waals surface area contributed by atoms with Gasteiger partial charge in [0.2, 0.25) is 0 Å². The summed E-state index contributed by atoms with van der Waals surface area (Å²) in [5, 5.41) is 17.1. The predicted molar refractivity (Wildman–Crippen MR) is 28.2 cm³/mol. The first-order chi connectivity index (χ1) is 2.94. The molecule has 0 bridgehead atoms. The van der Waals surface area contributed by atoms with Crippen molar-refractivity contribution >= 4 is 11.6 Å². The van der Waals surface area contributed by atoms with Crippen LogP contribution in [0, 0.1) is 0 Å². The second kappa shape index (κ2) is 1.99. The molecule has 0 aromatic heterocycles. The van der Waals surface area contributed by atoms with Crippen LogP contribution >= 0.6 is 11.6 Å². The summed E-state index contributed by atoms with van der Waals surface area (Å²) in [5.74, 6) is 0. The van der Waals surface area contributed by atoms with Gasteiger partial charge in [-0.2, -0.15) is 0 Å². The summed E-state index contributed by atoms with van der Waals surface area (Å²) in [6.07, 6.45) is 0. The number of halogens is 1. The van der Waals surface area contributed by atoms with Crippen LogP contribution in [0.4, 0.5) is 0 Å². The molecule has 0 aliphatic rings. The summed E-state index contributed by atoms with van der Waals surface area (Å²) in [5.41, 5.74) is -2.35. The minimum Gasteiger partial charge on any atom is -0.386 e. The van der Waals surface area contributed by atoms with Crippen LogP contribution in [0.25, 0.3) is 0 Å². The fourth-order valence-electron chi connectivity index (χ4n) is 0. The molecule has 1 atom stereocenters. The Morgan fingerprint density at radius 3 is 1.71 bits per heavy atom. The molecule has 2 N–H and O–H groups in total. The Hall–Kier alpha value is 0.210. The van der Waals surface area contributed by atoms with Crippen molar-refractivity contribution in [3.63, 3.8) is 0 Å². The second-order valence-corrected chi connectivity index (χ2v) is 2.40. The molecule has 0 fully saturated rings. The van der Waals surface area contributed by atoms with Crippen molar-refractivity contribution in [2.75, 3.05) is 0 Å². The molecule has 3 heteroatoms. The van der Waals surface area contributed by atoms with E-state index >= 15 is 0 Å². The smallest absolute Gasteiger partial charge is 0.155 e. The lowest BCUT2D eigenvalue weighted by Crippen LogP contribution is -2.30. The van der Waals surface area contributed by atoms with Gasteiger partial charge in [0, 0.05) is 0 Å². The molecule has 0 amide bonds. The van der Waals surface area contributed by atoms with Crippen molar-refractivity contribution in [3.8, 4) is 0 Å². The van der Waals surface area contributed by atoms with Crippen LogP contribution in [0.3, 0.4) is 0 Å². The molecule has 0 aromatic rings. The van der Waals surface area contributed by atoms with E-state index in [0.29, 0.717) is 0 Å². The highest BCUT2D eigenvalue weighted by Gasteiger charge is 2.20. The molecule has 44 valence electrons. The summed E-state index contributed by atoms with van der Waals surface area (Å²) >= 11 is 5.06. The van der Waals surface area contributed by atoms with Crippen LogP contribution in [0.1, 0.15) is 13.8 Å². The van der Waals surface area contributed by atoms with Crippen molar-refractivity contribution in [2.45, 2.75) is 25.0 Å². The first-order valence-corrected chi connectivity index (χ1v) is 2.43. The summed E-state index contributed by atoms with van der Waals surface area (Å²) in [7, 11) is 0. The molecule has 0 aliphatic carbocycles. The van der Waals surface area contributed by atoms with Crippen LogP contribution < -0.4 is 0 Å². The third-order valence-electron chi connectivity index (χ3n) is 0.583. The van der Waals surface area contributed by atoms with E-state index < -0.39 is 11.2 Å². The molecule has 0 radical (unpaired) electrons. The maximum atomic E-state index is 8.71. The van der Waals surface area contributed by atoms with Gasteiger partial charge in [0.05, 0.1) is 5.60 Å². The van der Waals surface area contributed by atoms with Crippen LogP contribution in [0.2, 0.25) is 0 Å². The van der Waals surface area contributed by atoms with Crippen molar-refractivity contribution in [1.82, 2.24) is 0 Å². The molecule has 0 saturated heterocycles. The zero-order chi connectivity index (χ0) is 6.08. The van der Waals surface area contributed by atoms with Gasteiger partial charge >= 0.3 is 0 Å². The first kappa shape index (κ1) is 7.21. The molecule has 7 heavy (non-hydrogen) atoms. The van der Waals surface area contributed by atoms with Crippen molar-refractivity contribution in [2.24, 2.45) is 0 Å². The van der Waals surface area contributed by atoms with Crippen molar-refractivity contribution in [1.29, 1.82) is 0 Å². The number of aliphatic hydroxyl groups excluding tert-OH is 1. The average Bonchev–Trinajstić information content (AvgIpc) is 1.31. The Morgan fingerprint density at radius 1 is 1.57 bits per heavy atom. The molecular formula is C4H9ClO2. The maximum Gasteiger partial charge on any atom is 0.155 e. The van der Waals surface area contributed by atoms with Gasteiger partial charge in [-0.05, 0) is 13.8 Å². The van der Waals surface area contributed by atoms with Crippen LogP contribution in [-0.4, -0.2) is 21.4 Å². The van der Waals surface area contributed by atoms with E-state index in [1.54, 1.807) is 0 Å². The molecule has 0 spiro atoms. The number of rotatable bonds is 1. The number of alkyl halides is 1. The van der Waals surface area contributed by atoms with Gasteiger partial charge in [-0.25, -0.2) is 0 Å². The van der Waals surface area contributed by atoms with E-state index in [1.807, 2.05) is 0 Å². The summed E-state index contributed by atoms with van der Waals surface area (Å²) in [6.45, 7) is 2.87. The minimum atomic E-state index is -1.18. The Labute approximate surface area is 47.7 Å². The monoisotopic (exact) mass is 124 g/mol. The molecule has 1 unspecified atom stereocenters. The predicted octanol–water partition coefficient (Wildman–Crippen LogP) is 0.315. The number of aliphatic hydroxyl groups is 2. The number of hydrogen-bond acceptors (Lipinski definition) is 2. The molecule has 0 heterocycles. The van der Waals surface area contributed by atoms with E-state index in [2.05, 4.69) is 0 Å². The zero-order valence-corrected chi connectivity index (χ0v) is 5.11. The normalized spacial score (nSPS) is 16.7. The average molecular weight is 125 g/mol. The third-order valence-corrected chi connectivity index (χ3v) is 1.12. The van der Waals surface area contributed by atoms with E-state index in [0.717, 1.165) is 0 Å². The highest BCUT2D eigenvalue weighted by Crippen LogP contribution is 2.10. The highest BCUT2D eigenvalue weighted by molar-refractivity contribution is 6.20. The molecule has 2 nitrogen and oxygen atoms in total. The van der Waals surface area contributed by atoms with Gasteiger partial charge in [-0.3, -0.25) is 0 Å². The van der Waals surface area contributed by atoms with Crippen molar-refractivity contribution < 1.29 is 10.2 Å². The minimum absolute atomic E-state index is 1.17. The van der Waals surface area contributed by atoms with Crippen LogP contribution in [-0.2, 0) is 0 Å². The van der Waals surface area contributed by atoms with E-state index in [1.165, 1.54) is 13.8 Å². The molecule has 0 aliphatic heterocycles. The lowest BCUT2D eigenvalue weighted by atomic mass is 10.2. The lowest BCUT2D eigenvalue weighted by molar-refractivity contribution is -0.00515. The Balaban J connectivity index is 3.54. The standard InChI is InChI=1S/C4H9ClO2/c1-4(2,7)3(5)6/h3,6-7H,1-2H3. The first-order valence-electron chi connectivity index (χ1n) is 1.99. The highest BCUT2D eigenvalue weighted by atomic mass is 35.5. The van der Waals surface area contributed by atoms with E-state index in [9.17, 15) is 0 Å². The van der Waals surface area contributed by atoms with Crippen LogP contribution in [0.15, 0.2) is 0 Å². The largest absolute Gasteiger partial charge is 0.386 e. The van der Waals surface area contributed by atoms with Gasteiger partial charge in [0.15, 0.2) is 5.56 Å². The third kappa shape index (κ3) is 2.85. The number of hydrogen-bond donors (Lipinski definition) is 2. The SMILES string of the molecule is CC(C)(O)C(O)Cl. The van der Waals surface area contributed by atoms with Crippen molar-refractivity contribution in [3.05, 3.63) is 0 Å². The molecule has 0 rings (SSSR count). The summed E-state index contributed by atoms with van der Waals surface area (Å²) < 4.78 is 0. The van der Waals surface area contributed by atoms with E-state index in [4.69, 9.17) is 21.8 Å².